The minimum atomic E-state index is -0.769. The van der Waals surface area contributed by atoms with Crippen LogP contribution in [0.25, 0.3) is 16.4 Å². The lowest BCUT2D eigenvalue weighted by atomic mass is 9.99. The zero-order valence-electron chi connectivity index (χ0n) is 46.3. The number of likely N-dealkylation sites (N-methyl/N-ethyl adjacent to an activating group) is 2. The highest BCUT2D eigenvalue weighted by molar-refractivity contribution is 6.00. The normalized spacial score (nSPS) is 14.8. The first-order valence-electron chi connectivity index (χ1n) is 27.1. The van der Waals surface area contributed by atoms with Crippen molar-refractivity contribution in [2.24, 2.45) is 0 Å². The van der Waals surface area contributed by atoms with E-state index in [1.165, 1.54) is 11.9 Å². The van der Waals surface area contributed by atoms with Crippen molar-refractivity contribution in [1.29, 1.82) is 0 Å². The van der Waals surface area contributed by atoms with Gasteiger partial charge in [0.05, 0.1) is 58.1 Å². The maximum absolute atomic E-state index is 13.4. The van der Waals surface area contributed by atoms with Gasteiger partial charge in [0.15, 0.2) is 5.65 Å². The SMILES string of the molecule is C=O.CNC(=O)C(CCC=O)N(C)C(=O)C1=C(C)CC(NCC(=O)NCCOCCOCCOCCNc2ccc3c(Cc4ccccc4CNc4nc(OC5CCCCNC5)nc5c(C(C)C)cnn45)nccc3c2)=CC=C1. The number of rotatable bonds is 30. The maximum Gasteiger partial charge on any atom is 0.322 e. The lowest BCUT2D eigenvalue weighted by Crippen LogP contribution is -2.47. The molecule has 2 aliphatic rings. The summed E-state index contributed by atoms with van der Waals surface area (Å²) in [6.07, 6.45) is 14.4. The minimum absolute atomic E-state index is 0.0106. The number of nitrogens with one attached hydrogen (secondary N) is 6. The number of aromatic nitrogens is 5. The number of amides is 3. The first-order valence-corrected chi connectivity index (χ1v) is 27.1. The van der Waals surface area contributed by atoms with Crippen LogP contribution in [0.5, 0.6) is 6.01 Å². The minimum Gasteiger partial charge on any atom is -0.459 e. The molecular weight excluding hydrogens is 1010 g/mol. The van der Waals surface area contributed by atoms with E-state index >= 15 is 0 Å². The van der Waals surface area contributed by atoms with Gasteiger partial charge in [0, 0.05) is 93.6 Å². The highest BCUT2D eigenvalue weighted by atomic mass is 16.5. The molecule has 5 aromatic rings. The van der Waals surface area contributed by atoms with Crippen LogP contribution in [-0.4, -0.2) is 159 Å². The molecule has 0 saturated carbocycles. The van der Waals surface area contributed by atoms with Gasteiger partial charge in [-0.1, -0.05) is 55.8 Å². The third kappa shape index (κ3) is 18.2. The second-order valence-electron chi connectivity index (χ2n) is 19.4. The fraction of sp³-hybridized carbons (Fsp3) is 0.466. The molecule has 4 heterocycles. The largest absolute Gasteiger partial charge is 0.459 e. The predicted molar refractivity (Wildman–Crippen MR) is 304 cm³/mol. The number of ether oxygens (including phenoxy) is 4. The topological polar surface area (TPSA) is 254 Å². The Kier molecular flexibility index (Phi) is 24.8. The van der Waals surface area contributed by atoms with Crippen molar-refractivity contribution in [3.63, 3.8) is 0 Å². The standard InChI is InChI=1S/C57H76N12O8.CH2O/c1-39(2)49-37-65-69-53(49)66-57(77-46-15-8-9-21-59-36-46)67-56(69)64-35-43-13-7-6-12-41(43)34-50-48-19-18-45(33-42(48)20-22-61-50)60-23-26-74-28-30-76-31-29-75-27-24-62-52(71)38-63-44-14-10-16-47(40(3)32-44)55(73)68(5)51(17-11-25-70)54(72)58-4;1-2/h6-7,10,12-14,16,18-20,22,25,33,37,39,46,51,59-60,63H,8-9,11,15,17,21,23-24,26-32,34-36,38H2,1-5H3,(H,58,72)(H,62,71)(H,64,66,67);1H2. The molecule has 7 rings (SSSR count). The molecule has 1 aliphatic heterocycles. The smallest absolute Gasteiger partial charge is 0.322 e. The summed E-state index contributed by atoms with van der Waals surface area (Å²) in [5.41, 5.74) is 8.09. The molecule has 424 valence electrons. The van der Waals surface area contributed by atoms with E-state index in [0.717, 1.165) is 94.4 Å². The van der Waals surface area contributed by atoms with Crippen LogP contribution in [0, 0.1) is 0 Å². The Labute approximate surface area is 462 Å². The molecule has 79 heavy (non-hydrogen) atoms. The number of pyridine rings is 1. The van der Waals surface area contributed by atoms with E-state index < -0.39 is 6.04 Å². The van der Waals surface area contributed by atoms with Crippen molar-refractivity contribution in [3.05, 3.63) is 118 Å². The van der Waals surface area contributed by atoms with Crippen molar-refractivity contribution in [2.75, 3.05) is 97.1 Å². The highest BCUT2D eigenvalue weighted by Crippen LogP contribution is 2.27. The average Bonchev–Trinajstić information content (AvgIpc) is 3.59. The van der Waals surface area contributed by atoms with E-state index in [1.54, 1.807) is 23.7 Å². The zero-order chi connectivity index (χ0) is 56.4. The van der Waals surface area contributed by atoms with Gasteiger partial charge in [0.1, 0.15) is 25.2 Å². The lowest BCUT2D eigenvalue weighted by Gasteiger charge is -2.27. The third-order valence-corrected chi connectivity index (χ3v) is 13.5. The van der Waals surface area contributed by atoms with Crippen LogP contribution in [0.2, 0.25) is 0 Å². The van der Waals surface area contributed by atoms with E-state index in [0.29, 0.717) is 89.6 Å². The van der Waals surface area contributed by atoms with Gasteiger partial charge in [0.2, 0.25) is 17.8 Å². The van der Waals surface area contributed by atoms with Gasteiger partial charge in [-0.2, -0.15) is 19.6 Å². The number of carbonyl (C=O) groups excluding carboxylic acids is 5. The molecule has 21 heteroatoms. The Morgan fingerprint density at radius 2 is 1.70 bits per heavy atom. The van der Waals surface area contributed by atoms with Gasteiger partial charge in [-0.15, -0.1) is 0 Å². The monoisotopic (exact) mass is 1090 g/mol. The fourth-order valence-corrected chi connectivity index (χ4v) is 9.21. The summed E-state index contributed by atoms with van der Waals surface area (Å²) in [5, 5.41) is 25.9. The van der Waals surface area contributed by atoms with Gasteiger partial charge >= 0.3 is 6.01 Å². The number of fused-ring (bicyclic) bond motifs is 2. The van der Waals surface area contributed by atoms with Gasteiger partial charge in [0.25, 0.3) is 5.91 Å². The van der Waals surface area contributed by atoms with Crippen LogP contribution in [0.15, 0.2) is 96.0 Å². The van der Waals surface area contributed by atoms with Crippen molar-refractivity contribution < 1.29 is 42.9 Å². The van der Waals surface area contributed by atoms with Gasteiger partial charge < -0.3 is 65.3 Å². The van der Waals surface area contributed by atoms with E-state index in [1.807, 2.05) is 38.2 Å². The Hall–Kier alpha value is -7.59. The van der Waals surface area contributed by atoms with Gasteiger partial charge in [-0.05, 0) is 91.9 Å². The molecule has 1 fully saturated rings. The molecule has 3 amide bonds. The molecule has 6 N–H and O–H groups in total. The van der Waals surface area contributed by atoms with E-state index in [9.17, 15) is 19.2 Å². The second kappa shape index (κ2) is 32.3. The first kappa shape index (κ1) is 60.6. The average molecular weight is 1090 g/mol. The quantitative estimate of drug-likeness (QED) is 0.0255. The summed E-state index contributed by atoms with van der Waals surface area (Å²) in [7, 11) is 3.06. The van der Waals surface area contributed by atoms with E-state index in [4.69, 9.17) is 38.7 Å². The maximum atomic E-state index is 13.4. The van der Waals surface area contributed by atoms with Crippen LogP contribution in [0.1, 0.15) is 87.6 Å². The number of hydrogen-bond donors (Lipinski definition) is 6. The summed E-state index contributed by atoms with van der Waals surface area (Å²) in [6, 6.07) is 16.4. The molecular formula is C58H78N12O9. The molecule has 2 atom stereocenters. The summed E-state index contributed by atoms with van der Waals surface area (Å²) in [6.45, 7) is 14.0. The molecule has 2 aromatic carbocycles. The number of carbonyl (C=O) groups is 5. The molecule has 21 nitrogen and oxygen atoms in total. The fourth-order valence-electron chi connectivity index (χ4n) is 9.21. The van der Waals surface area contributed by atoms with Gasteiger partial charge in [-0.3, -0.25) is 19.4 Å². The van der Waals surface area contributed by atoms with Crippen LogP contribution in [0.4, 0.5) is 11.6 Å². The summed E-state index contributed by atoms with van der Waals surface area (Å²) < 4.78 is 25.2. The van der Waals surface area contributed by atoms with Crippen LogP contribution >= 0.6 is 0 Å². The Morgan fingerprint density at radius 1 is 0.937 bits per heavy atom. The predicted octanol–water partition coefficient (Wildman–Crippen LogP) is 5.21. The van der Waals surface area contributed by atoms with Crippen molar-refractivity contribution in [1.82, 2.24) is 50.7 Å². The van der Waals surface area contributed by atoms with E-state index in [2.05, 4.69) is 93.3 Å². The number of anilines is 2. The molecule has 1 saturated heterocycles. The second-order valence-corrected chi connectivity index (χ2v) is 19.4. The highest BCUT2D eigenvalue weighted by Gasteiger charge is 2.28. The van der Waals surface area contributed by atoms with Gasteiger partial charge in [-0.25, -0.2) is 0 Å². The Morgan fingerprint density at radius 3 is 2.46 bits per heavy atom. The Bertz CT molecular complexity index is 2880. The van der Waals surface area contributed by atoms with Crippen LogP contribution in [0.3, 0.4) is 0 Å². The third-order valence-electron chi connectivity index (χ3n) is 13.5. The van der Waals surface area contributed by atoms with Crippen molar-refractivity contribution in [2.45, 2.75) is 90.3 Å². The molecule has 0 spiro atoms. The number of nitrogens with zero attached hydrogens (tertiary/aromatic N) is 6. The molecule has 2 unspecified atom stereocenters. The molecule has 0 radical (unpaired) electrons. The number of aldehydes is 1. The lowest BCUT2D eigenvalue weighted by molar-refractivity contribution is -0.136. The molecule has 0 bridgehead atoms. The molecule has 1 aliphatic carbocycles. The number of hydrogen-bond acceptors (Lipinski definition) is 17. The first-order chi connectivity index (χ1) is 38.5. The van der Waals surface area contributed by atoms with E-state index in [-0.39, 0.29) is 49.1 Å². The zero-order valence-corrected chi connectivity index (χ0v) is 46.3. The number of benzene rings is 2. The molecule has 3 aromatic heterocycles. The Balaban J connectivity index is 0.00000498. The van der Waals surface area contributed by atoms with Crippen molar-refractivity contribution in [3.8, 4) is 6.01 Å². The van der Waals surface area contributed by atoms with Crippen molar-refractivity contribution >= 4 is 58.9 Å². The van der Waals surface area contributed by atoms with Crippen LogP contribution < -0.4 is 36.6 Å². The summed E-state index contributed by atoms with van der Waals surface area (Å²) in [4.78, 5) is 73.1. The van der Waals surface area contributed by atoms with Crippen LogP contribution in [-0.2, 0) is 51.1 Å². The number of allylic oxidation sites excluding steroid dienone is 3. The summed E-state index contributed by atoms with van der Waals surface area (Å²) in [5.74, 6) is -0.0262. The summed E-state index contributed by atoms with van der Waals surface area (Å²) >= 11 is 0.